The topological polar surface area (TPSA) is 44.9 Å². The van der Waals surface area contributed by atoms with Gasteiger partial charge in [0.2, 0.25) is 5.91 Å². The van der Waals surface area contributed by atoms with Gasteiger partial charge in [-0.1, -0.05) is 35.9 Å². The van der Waals surface area contributed by atoms with E-state index in [0.717, 1.165) is 23.4 Å². The highest BCUT2D eigenvalue weighted by Gasteiger charge is 2.34. The SMILES string of the molecule is CC(=O)Nc1cccc([C@@](C)(C2=CC=CC2)c2ccc[nH]2)c1. The highest BCUT2D eigenvalue weighted by atomic mass is 16.1. The molecule has 2 aromatic rings. The summed E-state index contributed by atoms with van der Waals surface area (Å²) in [4.78, 5) is 14.7. The van der Waals surface area contributed by atoms with E-state index in [1.807, 2.05) is 24.4 Å². The summed E-state index contributed by atoms with van der Waals surface area (Å²) in [6.45, 7) is 3.75. The normalized spacial score (nSPS) is 16.2. The maximum atomic E-state index is 11.3. The van der Waals surface area contributed by atoms with Crippen LogP contribution in [0.25, 0.3) is 0 Å². The minimum absolute atomic E-state index is 0.0551. The number of carbonyl (C=O) groups excluding carboxylic acids is 1. The highest BCUT2D eigenvalue weighted by Crippen LogP contribution is 2.41. The van der Waals surface area contributed by atoms with Crippen molar-refractivity contribution < 1.29 is 4.79 Å². The van der Waals surface area contributed by atoms with E-state index in [2.05, 4.69) is 53.7 Å². The predicted octanol–water partition coefficient (Wildman–Crippen LogP) is 4.17. The van der Waals surface area contributed by atoms with Crippen LogP contribution in [0.4, 0.5) is 5.69 Å². The van der Waals surface area contributed by atoms with E-state index < -0.39 is 0 Å². The van der Waals surface area contributed by atoms with Gasteiger partial charge in [-0.15, -0.1) is 0 Å². The largest absolute Gasteiger partial charge is 0.364 e. The van der Waals surface area contributed by atoms with Crippen LogP contribution in [0.1, 0.15) is 31.5 Å². The third-order valence-corrected chi connectivity index (χ3v) is 4.31. The molecule has 3 rings (SSSR count). The summed E-state index contributed by atoms with van der Waals surface area (Å²) in [6, 6.07) is 12.2. The van der Waals surface area contributed by atoms with E-state index in [1.165, 1.54) is 12.5 Å². The molecule has 1 heterocycles. The van der Waals surface area contributed by atoms with Gasteiger partial charge in [-0.25, -0.2) is 0 Å². The van der Waals surface area contributed by atoms with Crippen LogP contribution in [0.5, 0.6) is 0 Å². The van der Waals surface area contributed by atoms with E-state index >= 15 is 0 Å². The number of amides is 1. The van der Waals surface area contributed by atoms with Crippen molar-refractivity contribution in [3.05, 3.63) is 77.7 Å². The molecule has 3 nitrogen and oxygen atoms in total. The molecule has 1 aliphatic rings. The molecular weight excluding hydrogens is 272 g/mol. The minimum Gasteiger partial charge on any atom is -0.364 e. The Morgan fingerprint density at radius 2 is 2.14 bits per heavy atom. The molecule has 0 saturated carbocycles. The van der Waals surface area contributed by atoms with Crippen LogP contribution in [0.3, 0.4) is 0 Å². The summed E-state index contributed by atoms with van der Waals surface area (Å²) in [5.41, 5.74) is 4.25. The van der Waals surface area contributed by atoms with Gasteiger partial charge in [0.1, 0.15) is 0 Å². The van der Waals surface area contributed by atoms with Crippen molar-refractivity contribution >= 4 is 11.6 Å². The molecule has 112 valence electrons. The number of benzene rings is 1. The summed E-state index contributed by atoms with van der Waals surface area (Å²) in [5.74, 6) is -0.0551. The van der Waals surface area contributed by atoms with Crippen molar-refractivity contribution in [2.24, 2.45) is 0 Å². The number of carbonyl (C=O) groups is 1. The fraction of sp³-hybridized carbons (Fsp3) is 0.211. The van der Waals surface area contributed by atoms with Gasteiger partial charge in [-0.2, -0.15) is 0 Å². The summed E-state index contributed by atoms with van der Waals surface area (Å²) < 4.78 is 0. The average molecular weight is 292 g/mol. The fourth-order valence-electron chi connectivity index (χ4n) is 3.08. The number of H-pyrrole nitrogens is 1. The second-order valence-electron chi connectivity index (χ2n) is 5.79. The molecule has 1 amide bonds. The zero-order chi connectivity index (χ0) is 15.6. The number of rotatable bonds is 4. The van der Waals surface area contributed by atoms with Crippen LogP contribution in [0.2, 0.25) is 0 Å². The minimum atomic E-state index is -0.235. The number of anilines is 1. The van der Waals surface area contributed by atoms with Crippen molar-refractivity contribution in [2.75, 3.05) is 5.32 Å². The summed E-state index contributed by atoms with van der Waals surface area (Å²) in [5, 5.41) is 2.87. The first-order valence-corrected chi connectivity index (χ1v) is 7.49. The van der Waals surface area contributed by atoms with E-state index in [9.17, 15) is 4.79 Å². The van der Waals surface area contributed by atoms with E-state index in [1.54, 1.807) is 0 Å². The van der Waals surface area contributed by atoms with Crippen molar-refractivity contribution in [3.63, 3.8) is 0 Å². The van der Waals surface area contributed by atoms with Crippen LogP contribution >= 0.6 is 0 Å². The Kier molecular flexibility index (Phi) is 3.72. The van der Waals surface area contributed by atoms with E-state index in [-0.39, 0.29) is 11.3 Å². The Labute approximate surface area is 130 Å². The Bertz CT molecular complexity index is 741. The summed E-state index contributed by atoms with van der Waals surface area (Å²) in [6.07, 6.45) is 9.36. The van der Waals surface area contributed by atoms with Gasteiger partial charge in [0.25, 0.3) is 0 Å². The third kappa shape index (κ3) is 2.50. The Morgan fingerprint density at radius 1 is 1.27 bits per heavy atom. The number of hydrogen-bond acceptors (Lipinski definition) is 1. The van der Waals surface area contributed by atoms with Gasteiger partial charge in [-0.3, -0.25) is 4.79 Å². The molecule has 0 fully saturated rings. The van der Waals surface area contributed by atoms with Gasteiger partial charge in [-0.05, 0) is 43.2 Å². The first-order valence-electron chi connectivity index (χ1n) is 7.49. The standard InChI is InChI=1S/C19H20N2O/c1-14(22)21-17-10-5-9-16(13-17)19(2,15-7-3-4-8-15)18-11-6-12-20-18/h3-7,9-13,20H,8H2,1-2H3,(H,21,22)/t19-/m1/s1. The summed E-state index contributed by atoms with van der Waals surface area (Å²) >= 11 is 0. The summed E-state index contributed by atoms with van der Waals surface area (Å²) in [7, 11) is 0. The molecule has 0 unspecified atom stereocenters. The second-order valence-corrected chi connectivity index (χ2v) is 5.79. The van der Waals surface area contributed by atoms with E-state index in [0.29, 0.717) is 0 Å². The van der Waals surface area contributed by atoms with Gasteiger partial charge >= 0.3 is 0 Å². The van der Waals surface area contributed by atoms with E-state index in [4.69, 9.17) is 0 Å². The molecule has 0 bridgehead atoms. The lowest BCUT2D eigenvalue weighted by molar-refractivity contribution is -0.114. The van der Waals surface area contributed by atoms with Crippen molar-refractivity contribution in [1.29, 1.82) is 0 Å². The van der Waals surface area contributed by atoms with Gasteiger partial charge < -0.3 is 10.3 Å². The average Bonchev–Trinajstić information content (AvgIpc) is 3.19. The van der Waals surface area contributed by atoms with Crippen LogP contribution in [0, 0.1) is 0 Å². The monoisotopic (exact) mass is 292 g/mol. The zero-order valence-corrected chi connectivity index (χ0v) is 12.9. The lowest BCUT2D eigenvalue weighted by Crippen LogP contribution is -2.26. The maximum absolute atomic E-state index is 11.3. The Balaban J connectivity index is 2.09. The molecule has 22 heavy (non-hydrogen) atoms. The lowest BCUT2D eigenvalue weighted by atomic mass is 9.72. The fourth-order valence-corrected chi connectivity index (χ4v) is 3.08. The van der Waals surface area contributed by atoms with Crippen molar-refractivity contribution in [3.8, 4) is 0 Å². The molecular formula is C19H20N2O. The van der Waals surface area contributed by atoms with Crippen LogP contribution in [-0.4, -0.2) is 10.9 Å². The molecule has 0 radical (unpaired) electrons. The number of hydrogen-bond donors (Lipinski definition) is 2. The smallest absolute Gasteiger partial charge is 0.221 e. The molecule has 1 aromatic carbocycles. The van der Waals surface area contributed by atoms with Crippen molar-refractivity contribution in [2.45, 2.75) is 25.7 Å². The molecule has 1 aliphatic carbocycles. The number of nitrogens with one attached hydrogen (secondary N) is 2. The van der Waals surface area contributed by atoms with Gasteiger partial charge in [0.15, 0.2) is 0 Å². The quantitative estimate of drug-likeness (QED) is 0.873. The molecule has 2 N–H and O–H groups in total. The Morgan fingerprint density at radius 3 is 2.77 bits per heavy atom. The number of aromatic amines is 1. The van der Waals surface area contributed by atoms with Crippen LogP contribution in [0.15, 0.2) is 66.4 Å². The predicted molar refractivity (Wildman–Crippen MR) is 89.8 cm³/mol. The molecule has 3 heteroatoms. The lowest BCUT2D eigenvalue weighted by Gasteiger charge is -2.32. The zero-order valence-electron chi connectivity index (χ0n) is 12.9. The highest BCUT2D eigenvalue weighted by molar-refractivity contribution is 5.88. The second kappa shape index (κ2) is 5.68. The number of aromatic nitrogens is 1. The molecule has 1 atom stereocenters. The van der Waals surface area contributed by atoms with Crippen LogP contribution < -0.4 is 5.32 Å². The molecule has 0 spiro atoms. The van der Waals surface area contributed by atoms with Crippen LogP contribution in [-0.2, 0) is 10.2 Å². The number of allylic oxidation sites excluding steroid dienone is 4. The first kappa shape index (κ1) is 14.4. The van der Waals surface area contributed by atoms with Crippen molar-refractivity contribution in [1.82, 2.24) is 4.98 Å². The van der Waals surface area contributed by atoms with Gasteiger partial charge in [0.05, 0.1) is 5.41 Å². The Hall–Kier alpha value is -2.55. The van der Waals surface area contributed by atoms with Gasteiger partial charge in [0, 0.05) is 24.5 Å². The molecule has 1 aromatic heterocycles. The molecule has 0 aliphatic heterocycles. The first-order chi connectivity index (χ1) is 10.6. The molecule has 0 saturated heterocycles. The third-order valence-electron chi connectivity index (χ3n) is 4.31. The maximum Gasteiger partial charge on any atom is 0.221 e.